The number of carbonyl (C=O) groups excluding carboxylic acids is 1. The number of para-hydroxylation sites is 2. The fourth-order valence-electron chi connectivity index (χ4n) is 7.32. The zero-order valence-electron chi connectivity index (χ0n) is 23.1. The Morgan fingerprint density at radius 2 is 1.36 bits per heavy atom. The van der Waals surface area contributed by atoms with Crippen LogP contribution in [0.3, 0.4) is 0 Å². The van der Waals surface area contributed by atoms with Crippen molar-refractivity contribution in [3.8, 4) is 16.9 Å². The van der Waals surface area contributed by atoms with E-state index < -0.39 is 0 Å². The van der Waals surface area contributed by atoms with E-state index in [9.17, 15) is 4.79 Å². The first-order chi connectivity index (χ1) is 20.6. The fourth-order valence-corrected chi connectivity index (χ4v) is 7.32. The van der Waals surface area contributed by atoms with Crippen LogP contribution in [-0.2, 0) is 0 Å². The SMILES string of the molecule is Cc1cccc(C)c1-c1ccc2ccc3c4c2c1OC(=O)N4c1ccccc1B3c1cccc2oc3ccccc3c12. The van der Waals surface area contributed by atoms with Crippen molar-refractivity contribution < 1.29 is 13.9 Å². The van der Waals surface area contributed by atoms with Gasteiger partial charge in [-0.2, -0.15) is 0 Å². The summed E-state index contributed by atoms with van der Waals surface area (Å²) in [6.07, 6.45) is -0.382. The highest BCUT2D eigenvalue weighted by molar-refractivity contribution is 6.99. The molecule has 1 amide bonds. The molecule has 0 unspecified atom stereocenters. The number of furan rings is 1. The topological polar surface area (TPSA) is 42.7 Å². The Morgan fingerprint density at radius 1 is 0.643 bits per heavy atom. The highest BCUT2D eigenvalue weighted by Gasteiger charge is 2.43. The molecule has 3 heterocycles. The summed E-state index contributed by atoms with van der Waals surface area (Å²) in [5, 5.41) is 4.21. The first-order valence-corrected chi connectivity index (χ1v) is 14.3. The molecule has 0 fully saturated rings. The van der Waals surface area contributed by atoms with E-state index in [0.29, 0.717) is 5.75 Å². The van der Waals surface area contributed by atoms with Gasteiger partial charge in [-0.25, -0.2) is 9.69 Å². The lowest BCUT2D eigenvalue weighted by molar-refractivity contribution is 0.210. The molecule has 0 spiro atoms. The molecule has 2 aliphatic heterocycles. The van der Waals surface area contributed by atoms with Crippen molar-refractivity contribution in [1.82, 2.24) is 0 Å². The number of aryl methyl sites for hydroxylation is 2. The van der Waals surface area contributed by atoms with Crippen LogP contribution >= 0.6 is 0 Å². The van der Waals surface area contributed by atoms with Gasteiger partial charge in [-0.3, -0.25) is 0 Å². The summed E-state index contributed by atoms with van der Waals surface area (Å²) in [4.78, 5) is 15.8. The average molecular weight is 541 g/mol. The number of ether oxygens (including phenoxy) is 1. The van der Waals surface area contributed by atoms with Crippen molar-refractivity contribution in [2.75, 3.05) is 4.90 Å². The first-order valence-electron chi connectivity index (χ1n) is 14.3. The van der Waals surface area contributed by atoms with E-state index >= 15 is 0 Å². The predicted octanol–water partition coefficient (Wildman–Crippen LogP) is 7.50. The van der Waals surface area contributed by atoms with Gasteiger partial charge < -0.3 is 9.15 Å². The van der Waals surface area contributed by atoms with E-state index in [1.807, 2.05) is 36.4 Å². The van der Waals surface area contributed by atoms with Crippen molar-refractivity contribution >= 4 is 73.3 Å². The number of hydrogen-bond donors (Lipinski definition) is 0. The Morgan fingerprint density at radius 3 is 2.24 bits per heavy atom. The lowest BCUT2D eigenvalue weighted by Crippen LogP contribution is -2.59. The van der Waals surface area contributed by atoms with Crippen molar-refractivity contribution in [3.05, 3.63) is 120 Å². The van der Waals surface area contributed by atoms with Gasteiger partial charge in [0.1, 0.15) is 11.2 Å². The summed E-state index contributed by atoms with van der Waals surface area (Å²) < 4.78 is 12.6. The molecule has 0 atom stereocenters. The van der Waals surface area contributed by atoms with E-state index in [1.54, 1.807) is 4.90 Å². The van der Waals surface area contributed by atoms with Crippen molar-refractivity contribution in [2.45, 2.75) is 13.8 Å². The molecule has 7 aromatic rings. The molecule has 42 heavy (non-hydrogen) atoms. The quantitative estimate of drug-likeness (QED) is 0.213. The van der Waals surface area contributed by atoms with Crippen LogP contribution in [0.5, 0.6) is 5.75 Å². The Balaban J connectivity index is 1.41. The molecule has 2 aliphatic rings. The summed E-state index contributed by atoms with van der Waals surface area (Å²) in [5.74, 6) is 0.633. The second-order valence-electron chi connectivity index (χ2n) is 11.3. The lowest BCUT2D eigenvalue weighted by atomic mass is 9.34. The maximum absolute atomic E-state index is 14.0. The summed E-state index contributed by atoms with van der Waals surface area (Å²) in [6, 6.07) is 37.6. The second-order valence-corrected chi connectivity index (χ2v) is 11.3. The Hall–Kier alpha value is -5.29. The number of rotatable bonds is 2. The summed E-state index contributed by atoms with van der Waals surface area (Å²) in [7, 11) is 0. The number of anilines is 2. The van der Waals surface area contributed by atoms with Gasteiger partial charge in [0.2, 0.25) is 6.71 Å². The summed E-state index contributed by atoms with van der Waals surface area (Å²) in [6.45, 7) is 4.11. The molecule has 198 valence electrons. The van der Waals surface area contributed by atoms with Crippen molar-refractivity contribution in [3.63, 3.8) is 0 Å². The van der Waals surface area contributed by atoms with E-state index in [2.05, 4.69) is 86.6 Å². The predicted molar refractivity (Wildman–Crippen MR) is 172 cm³/mol. The normalized spacial score (nSPS) is 13.6. The van der Waals surface area contributed by atoms with Crippen LogP contribution in [-0.4, -0.2) is 12.8 Å². The maximum Gasteiger partial charge on any atom is 0.424 e. The maximum atomic E-state index is 14.0. The molecule has 0 N–H and O–H groups in total. The molecule has 1 aromatic heterocycles. The van der Waals surface area contributed by atoms with Gasteiger partial charge in [-0.15, -0.1) is 0 Å². The second kappa shape index (κ2) is 8.37. The van der Waals surface area contributed by atoms with E-state index in [1.165, 1.54) is 0 Å². The van der Waals surface area contributed by atoms with Crippen LogP contribution in [0.4, 0.5) is 16.2 Å². The van der Waals surface area contributed by atoms with Crippen LogP contribution in [0.25, 0.3) is 43.8 Å². The number of benzene rings is 6. The third-order valence-electron chi connectivity index (χ3n) is 9.03. The molecule has 0 aliphatic carbocycles. The standard InChI is InChI=1S/C37H24BNO3/c1-21-9-7-10-22(2)32(21)25-19-17-23-18-20-28-35-33(23)36(25)42-37(40)39(35)29-14-5-4-12-26(29)38(28)27-13-8-16-31-34(27)24-11-3-6-15-30(24)41-31/h3-20H,1-2H3. The highest BCUT2D eigenvalue weighted by Crippen LogP contribution is 2.48. The Labute approximate surface area is 242 Å². The molecule has 0 saturated carbocycles. The molecule has 4 nitrogen and oxygen atoms in total. The van der Waals surface area contributed by atoms with Crippen LogP contribution in [0, 0.1) is 13.8 Å². The Bertz CT molecular complexity index is 2280. The zero-order chi connectivity index (χ0) is 28.1. The molecule has 9 rings (SSSR count). The van der Waals surface area contributed by atoms with Crippen molar-refractivity contribution in [1.29, 1.82) is 0 Å². The van der Waals surface area contributed by atoms with Crippen molar-refractivity contribution in [2.24, 2.45) is 0 Å². The van der Waals surface area contributed by atoms with Gasteiger partial charge in [-0.05, 0) is 71.1 Å². The highest BCUT2D eigenvalue weighted by atomic mass is 16.6. The third-order valence-corrected chi connectivity index (χ3v) is 9.03. The van der Waals surface area contributed by atoms with Crippen LogP contribution < -0.4 is 26.0 Å². The summed E-state index contributed by atoms with van der Waals surface area (Å²) in [5.41, 5.74) is 11.1. The van der Waals surface area contributed by atoms with Crippen LogP contribution in [0.1, 0.15) is 11.1 Å². The number of fused-ring (bicyclic) bond motifs is 5. The van der Waals surface area contributed by atoms with Gasteiger partial charge in [0.05, 0.1) is 5.69 Å². The molecular weight excluding hydrogens is 517 g/mol. The molecule has 0 radical (unpaired) electrons. The molecule has 0 bridgehead atoms. The average Bonchev–Trinajstić information content (AvgIpc) is 3.39. The van der Waals surface area contributed by atoms with E-state index in [4.69, 9.17) is 9.15 Å². The minimum Gasteiger partial charge on any atom is -0.456 e. The number of amides is 1. The molecular formula is C37H24BNO3. The smallest absolute Gasteiger partial charge is 0.424 e. The van der Waals surface area contributed by atoms with Gasteiger partial charge in [0.25, 0.3) is 0 Å². The molecule has 6 aromatic carbocycles. The lowest BCUT2D eigenvalue weighted by Gasteiger charge is -2.38. The monoisotopic (exact) mass is 541 g/mol. The summed E-state index contributed by atoms with van der Waals surface area (Å²) >= 11 is 0. The third kappa shape index (κ3) is 3.00. The largest absolute Gasteiger partial charge is 0.456 e. The molecule has 0 saturated heterocycles. The van der Waals surface area contributed by atoms with Gasteiger partial charge in [0, 0.05) is 27.4 Å². The Kier molecular flexibility index (Phi) is 4.67. The van der Waals surface area contributed by atoms with Gasteiger partial charge in [-0.1, -0.05) is 90.4 Å². The van der Waals surface area contributed by atoms with Crippen LogP contribution in [0.15, 0.2) is 114 Å². The number of hydrogen-bond acceptors (Lipinski definition) is 3. The molecule has 5 heteroatoms. The minimum absolute atomic E-state index is 0.107. The van der Waals surface area contributed by atoms with E-state index in [0.717, 1.165) is 82.7 Å². The first kappa shape index (κ1) is 23.4. The number of carbonyl (C=O) groups is 1. The zero-order valence-corrected chi connectivity index (χ0v) is 23.1. The minimum atomic E-state index is -0.382. The van der Waals surface area contributed by atoms with Gasteiger partial charge in [0.15, 0.2) is 5.75 Å². The van der Waals surface area contributed by atoms with E-state index in [-0.39, 0.29) is 12.8 Å². The fraction of sp³-hybridized carbons (Fsp3) is 0.0541. The number of nitrogens with zero attached hydrogens (tertiary/aromatic N) is 1. The van der Waals surface area contributed by atoms with Crippen LogP contribution in [0.2, 0.25) is 0 Å². The van der Waals surface area contributed by atoms with Gasteiger partial charge >= 0.3 is 6.09 Å².